The first kappa shape index (κ1) is 18.4. The number of hydrogen-bond donors (Lipinski definition) is 2. The molecular weight excluding hydrogens is 374 g/mol. The summed E-state index contributed by atoms with van der Waals surface area (Å²) in [7, 11) is 0. The average molecular weight is 388 g/mol. The Morgan fingerprint density at radius 3 is 2.59 bits per heavy atom. The van der Waals surface area contributed by atoms with Crippen LogP contribution in [0, 0.1) is 10.1 Å². The van der Waals surface area contributed by atoms with E-state index in [0.29, 0.717) is 21.9 Å². The van der Waals surface area contributed by atoms with Crippen molar-refractivity contribution in [1.82, 2.24) is 4.57 Å². The molecule has 9 heteroatoms. The lowest BCUT2D eigenvalue weighted by molar-refractivity contribution is -0.385. The number of nitrogen functional groups attached to an aromatic ring is 1. The van der Waals surface area contributed by atoms with Crippen molar-refractivity contribution in [3.8, 4) is 0 Å². The normalized spacial score (nSPS) is 10.9. The topological polar surface area (TPSA) is 128 Å². The Balaban J connectivity index is 2.36. The number of ketones is 1. The maximum atomic E-state index is 13.1. The second-order valence-corrected chi connectivity index (χ2v) is 6.23. The zero-order valence-electron chi connectivity index (χ0n) is 14.1. The van der Waals surface area contributed by atoms with E-state index in [1.54, 1.807) is 13.0 Å². The Hall–Kier alpha value is -3.39. The molecule has 0 saturated carbocycles. The molecule has 0 radical (unpaired) electrons. The third kappa shape index (κ3) is 2.89. The van der Waals surface area contributed by atoms with Crippen molar-refractivity contribution < 1.29 is 19.6 Å². The van der Waals surface area contributed by atoms with Crippen molar-refractivity contribution in [1.29, 1.82) is 0 Å². The average Bonchev–Trinajstić information content (AvgIpc) is 2.92. The summed E-state index contributed by atoms with van der Waals surface area (Å²) in [5.41, 5.74) is 5.53. The highest BCUT2D eigenvalue weighted by Crippen LogP contribution is 2.34. The van der Waals surface area contributed by atoms with Crippen LogP contribution in [0.15, 0.2) is 36.4 Å². The summed E-state index contributed by atoms with van der Waals surface area (Å²) >= 11 is 5.94. The third-order valence-corrected chi connectivity index (χ3v) is 4.54. The fourth-order valence-electron chi connectivity index (χ4n) is 3.11. The molecule has 0 amide bonds. The fourth-order valence-corrected chi connectivity index (χ4v) is 3.28. The van der Waals surface area contributed by atoms with Gasteiger partial charge in [0.05, 0.1) is 16.1 Å². The second kappa shape index (κ2) is 6.73. The van der Waals surface area contributed by atoms with Crippen molar-refractivity contribution in [3.05, 3.63) is 68.4 Å². The summed E-state index contributed by atoms with van der Waals surface area (Å²) in [5.74, 6) is -0.843. The molecule has 8 nitrogen and oxygen atoms in total. The molecule has 2 aromatic carbocycles. The summed E-state index contributed by atoms with van der Waals surface area (Å²) in [6.07, 6.45) is -1.11. The number of aromatic nitrogens is 1. The highest BCUT2D eigenvalue weighted by atomic mass is 35.5. The number of nitro benzene ring substituents is 1. The molecule has 1 aromatic heterocycles. The highest BCUT2D eigenvalue weighted by Gasteiger charge is 2.31. The van der Waals surface area contributed by atoms with Crippen LogP contribution in [0.2, 0.25) is 5.02 Å². The highest BCUT2D eigenvalue weighted by molar-refractivity contribution is 6.31. The van der Waals surface area contributed by atoms with Gasteiger partial charge in [0, 0.05) is 16.0 Å². The van der Waals surface area contributed by atoms with Crippen LogP contribution in [0.4, 0.5) is 16.2 Å². The van der Waals surface area contributed by atoms with Gasteiger partial charge < -0.3 is 10.8 Å². The number of halogens is 1. The number of anilines is 1. The molecule has 3 rings (SSSR count). The quantitative estimate of drug-likeness (QED) is 0.394. The molecule has 27 heavy (non-hydrogen) atoms. The van der Waals surface area contributed by atoms with E-state index in [2.05, 4.69) is 0 Å². The predicted molar refractivity (Wildman–Crippen MR) is 101 cm³/mol. The molecule has 3 aromatic rings. The molecule has 1 heterocycles. The zero-order chi connectivity index (χ0) is 19.9. The number of nitro groups is 1. The Morgan fingerprint density at radius 2 is 2.00 bits per heavy atom. The smallest absolute Gasteiger partial charge is 0.416 e. The van der Waals surface area contributed by atoms with E-state index >= 15 is 0 Å². The van der Waals surface area contributed by atoms with Crippen LogP contribution in [-0.2, 0) is 6.42 Å². The van der Waals surface area contributed by atoms with Crippen molar-refractivity contribution >= 4 is 45.8 Å². The van der Waals surface area contributed by atoms with Crippen LogP contribution in [0.3, 0.4) is 0 Å². The number of hydrogen-bond acceptors (Lipinski definition) is 5. The van der Waals surface area contributed by atoms with E-state index < -0.39 is 16.8 Å². The van der Waals surface area contributed by atoms with Crippen molar-refractivity contribution in [2.45, 2.75) is 13.3 Å². The van der Waals surface area contributed by atoms with Gasteiger partial charge in [0.1, 0.15) is 11.3 Å². The number of carbonyl (C=O) groups is 2. The van der Waals surface area contributed by atoms with Crippen molar-refractivity contribution in [2.24, 2.45) is 0 Å². The van der Waals surface area contributed by atoms with Gasteiger partial charge in [-0.2, -0.15) is 0 Å². The lowest BCUT2D eigenvalue weighted by atomic mass is 10.00. The fraction of sp³-hybridized carbons (Fsp3) is 0.111. The van der Waals surface area contributed by atoms with Gasteiger partial charge in [0.15, 0.2) is 0 Å². The van der Waals surface area contributed by atoms with Gasteiger partial charge in [-0.3, -0.25) is 14.9 Å². The first-order valence-electron chi connectivity index (χ1n) is 7.91. The summed E-state index contributed by atoms with van der Waals surface area (Å²) in [4.78, 5) is 35.8. The van der Waals surface area contributed by atoms with Crippen LogP contribution in [0.5, 0.6) is 0 Å². The first-order valence-corrected chi connectivity index (χ1v) is 8.29. The Kier molecular flexibility index (Phi) is 4.59. The first-order chi connectivity index (χ1) is 12.8. The monoisotopic (exact) mass is 387 g/mol. The van der Waals surface area contributed by atoms with E-state index in [1.165, 1.54) is 30.3 Å². The molecule has 0 aliphatic carbocycles. The van der Waals surface area contributed by atoms with Crippen LogP contribution < -0.4 is 5.73 Å². The Morgan fingerprint density at radius 1 is 1.30 bits per heavy atom. The second-order valence-electron chi connectivity index (χ2n) is 5.79. The molecule has 0 unspecified atom stereocenters. The SMILES string of the molecule is CCc1cccc(C(=O)c2c(N)c3ccc(Cl)cc3n2C(=O)O)c1[N+](=O)[O-]. The molecule has 3 N–H and O–H groups in total. The molecule has 0 aliphatic rings. The van der Waals surface area contributed by atoms with Crippen molar-refractivity contribution in [3.63, 3.8) is 0 Å². The molecule has 0 saturated heterocycles. The third-order valence-electron chi connectivity index (χ3n) is 4.30. The van der Waals surface area contributed by atoms with Crippen LogP contribution in [-0.4, -0.2) is 26.5 Å². The maximum Gasteiger partial charge on any atom is 0.416 e. The van der Waals surface area contributed by atoms with Gasteiger partial charge >= 0.3 is 6.09 Å². The summed E-state index contributed by atoms with van der Waals surface area (Å²) in [6, 6.07) is 8.73. The molecule has 0 aliphatic heterocycles. The number of aryl methyl sites for hydroxylation is 1. The Labute approximate surface area is 157 Å². The minimum absolute atomic E-state index is 0.0785. The van der Waals surface area contributed by atoms with E-state index in [-0.39, 0.29) is 33.2 Å². The summed E-state index contributed by atoms with van der Waals surface area (Å²) in [6.45, 7) is 1.72. The molecule has 138 valence electrons. The number of rotatable bonds is 4. The lowest BCUT2D eigenvalue weighted by Gasteiger charge is -2.08. The molecule has 0 bridgehead atoms. The van der Waals surface area contributed by atoms with Gasteiger partial charge in [-0.15, -0.1) is 0 Å². The number of nitrogens with two attached hydrogens (primary N) is 1. The summed E-state index contributed by atoms with van der Waals surface area (Å²) in [5, 5.41) is 21.7. The number of benzene rings is 2. The van der Waals surface area contributed by atoms with Gasteiger partial charge in [0.2, 0.25) is 5.78 Å². The number of fused-ring (bicyclic) bond motifs is 1. The number of nitrogens with zero attached hydrogens (tertiary/aromatic N) is 2. The maximum absolute atomic E-state index is 13.1. The van der Waals surface area contributed by atoms with Crippen LogP contribution in [0.1, 0.15) is 28.5 Å². The standard InChI is InChI=1S/C18H14ClN3O5/c1-2-9-4-3-5-12(15(9)22(26)27)17(23)16-14(20)11-7-6-10(19)8-13(11)21(16)18(24)25/h3-8H,2,20H2,1H3,(H,24,25). The minimum atomic E-state index is -1.45. The largest absolute Gasteiger partial charge is 0.464 e. The van der Waals surface area contributed by atoms with E-state index in [9.17, 15) is 24.8 Å². The van der Waals surface area contributed by atoms with Crippen LogP contribution in [0.25, 0.3) is 10.9 Å². The summed E-state index contributed by atoms with van der Waals surface area (Å²) < 4.78 is 0.710. The van der Waals surface area contributed by atoms with E-state index in [0.717, 1.165) is 0 Å². The molecular formula is C18H14ClN3O5. The van der Waals surface area contributed by atoms with Crippen LogP contribution >= 0.6 is 11.6 Å². The van der Waals surface area contributed by atoms with Gasteiger partial charge in [-0.1, -0.05) is 30.7 Å². The minimum Gasteiger partial charge on any atom is -0.464 e. The van der Waals surface area contributed by atoms with Gasteiger partial charge in [0.25, 0.3) is 5.69 Å². The lowest BCUT2D eigenvalue weighted by Crippen LogP contribution is -2.18. The van der Waals surface area contributed by atoms with Gasteiger partial charge in [-0.05, 0) is 30.7 Å². The zero-order valence-corrected chi connectivity index (χ0v) is 14.9. The van der Waals surface area contributed by atoms with E-state index in [4.69, 9.17) is 17.3 Å². The molecule has 0 spiro atoms. The number of carboxylic acid groups (broad SMARTS) is 1. The predicted octanol–water partition coefficient (Wildman–Crippen LogP) is 4.10. The number of carbonyl (C=O) groups excluding carboxylic acids is 1. The van der Waals surface area contributed by atoms with Crippen molar-refractivity contribution in [2.75, 3.05) is 5.73 Å². The van der Waals surface area contributed by atoms with E-state index in [1.807, 2.05) is 0 Å². The van der Waals surface area contributed by atoms with Gasteiger partial charge in [-0.25, -0.2) is 9.36 Å². The molecule has 0 atom stereocenters. The molecule has 0 fully saturated rings. The number of para-hydroxylation sites is 1. The Bertz CT molecular complexity index is 1120.